The first-order valence-corrected chi connectivity index (χ1v) is 7.13. The van der Waals surface area contributed by atoms with E-state index in [4.69, 9.17) is 0 Å². The molecule has 1 aromatic heterocycles. The molecule has 0 N–H and O–H groups in total. The number of aromatic nitrogens is 1. The third-order valence-corrected chi connectivity index (χ3v) is 3.87. The minimum absolute atomic E-state index is 0.218. The summed E-state index contributed by atoms with van der Waals surface area (Å²) >= 11 is 0. The molecule has 1 aliphatic rings. The molecule has 2 rings (SSSR count). The Kier molecular flexibility index (Phi) is 5.09. The van der Waals surface area contributed by atoms with E-state index in [1.807, 2.05) is 0 Å². The Hall–Kier alpha value is -2.71. The van der Waals surface area contributed by atoms with Crippen LogP contribution in [0, 0.1) is 16.0 Å². The van der Waals surface area contributed by atoms with Gasteiger partial charge in [0.2, 0.25) is 5.91 Å². The number of amides is 1. The zero-order valence-corrected chi connectivity index (χ0v) is 12.6. The van der Waals surface area contributed by atoms with Crippen LogP contribution in [-0.4, -0.2) is 46.5 Å². The second kappa shape index (κ2) is 7.03. The molecule has 1 amide bonds. The number of hydrogen-bond donors (Lipinski definition) is 0. The monoisotopic (exact) mass is 323 g/mol. The van der Waals surface area contributed by atoms with Crippen molar-refractivity contribution in [3.8, 4) is 0 Å². The van der Waals surface area contributed by atoms with Gasteiger partial charge in [0.1, 0.15) is 6.54 Å². The molecule has 1 saturated heterocycles. The van der Waals surface area contributed by atoms with Crippen molar-refractivity contribution in [2.75, 3.05) is 20.2 Å². The van der Waals surface area contributed by atoms with E-state index in [0.29, 0.717) is 25.9 Å². The van der Waals surface area contributed by atoms with Gasteiger partial charge in [0.05, 0.1) is 24.1 Å². The molecule has 23 heavy (non-hydrogen) atoms. The van der Waals surface area contributed by atoms with Gasteiger partial charge in [-0.25, -0.2) is 0 Å². The fourth-order valence-corrected chi connectivity index (χ4v) is 2.53. The molecule has 1 fully saturated rings. The highest BCUT2D eigenvalue weighted by Crippen LogP contribution is 2.18. The Morgan fingerprint density at radius 1 is 1.35 bits per heavy atom. The van der Waals surface area contributed by atoms with E-state index in [2.05, 4.69) is 4.74 Å². The maximum Gasteiger partial charge on any atom is 0.308 e. The molecular formula is C14H17N3O6. The molecule has 1 aromatic rings. The van der Waals surface area contributed by atoms with Gasteiger partial charge in [0.25, 0.3) is 11.2 Å². The van der Waals surface area contributed by atoms with E-state index in [1.165, 1.54) is 7.11 Å². The Morgan fingerprint density at radius 2 is 2.00 bits per heavy atom. The first-order valence-electron chi connectivity index (χ1n) is 7.13. The predicted octanol–water partition coefficient (Wildman–Crippen LogP) is 0.168. The number of esters is 1. The second-order valence-electron chi connectivity index (χ2n) is 5.29. The fraction of sp³-hybridized carbons (Fsp3) is 0.500. The third-order valence-electron chi connectivity index (χ3n) is 3.87. The first kappa shape index (κ1) is 16.7. The average Bonchev–Trinajstić information content (AvgIpc) is 2.56. The Bertz CT molecular complexity index is 675. The first-order chi connectivity index (χ1) is 10.9. The zero-order chi connectivity index (χ0) is 17.0. The van der Waals surface area contributed by atoms with Crippen molar-refractivity contribution in [3.05, 3.63) is 38.8 Å². The van der Waals surface area contributed by atoms with Crippen molar-refractivity contribution in [2.24, 2.45) is 5.92 Å². The van der Waals surface area contributed by atoms with Crippen molar-refractivity contribution >= 4 is 17.6 Å². The molecule has 0 aliphatic carbocycles. The molecule has 0 aromatic carbocycles. The Labute approximate surface area is 131 Å². The molecule has 1 aliphatic heterocycles. The molecule has 0 radical (unpaired) electrons. The number of carbonyl (C=O) groups is 2. The van der Waals surface area contributed by atoms with Crippen LogP contribution in [0.5, 0.6) is 0 Å². The summed E-state index contributed by atoms with van der Waals surface area (Å²) in [5.41, 5.74) is -0.727. The predicted molar refractivity (Wildman–Crippen MR) is 78.7 cm³/mol. The number of pyridine rings is 1. The molecular weight excluding hydrogens is 306 g/mol. The third kappa shape index (κ3) is 3.93. The number of likely N-dealkylation sites (tertiary alicyclic amines) is 1. The summed E-state index contributed by atoms with van der Waals surface area (Å²) in [5, 5.41) is 10.7. The lowest BCUT2D eigenvalue weighted by molar-refractivity contribution is -0.385. The average molecular weight is 323 g/mol. The van der Waals surface area contributed by atoms with Gasteiger partial charge < -0.3 is 9.64 Å². The quantitative estimate of drug-likeness (QED) is 0.443. The van der Waals surface area contributed by atoms with Crippen molar-refractivity contribution in [3.63, 3.8) is 0 Å². The normalized spacial score (nSPS) is 15.3. The van der Waals surface area contributed by atoms with Gasteiger partial charge in [-0.15, -0.1) is 0 Å². The Morgan fingerprint density at radius 3 is 2.57 bits per heavy atom. The van der Waals surface area contributed by atoms with Gasteiger partial charge in [0.15, 0.2) is 0 Å². The van der Waals surface area contributed by atoms with Crippen LogP contribution in [0.2, 0.25) is 0 Å². The summed E-state index contributed by atoms with van der Waals surface area (Å²) in [7, 11) is 1.33. The maximum absolute atomic E-state index is 12.2. The van der Waals surface area contributed by atoms with E-state index >= 15 is 0 Å². The smallest absolute Gasteiger partial charge is 0.308 e. The van der Waals surface area contributed by atoms with Gasteiger partial charge in [-0.1, -0.05) is 0 Å². The summed E-state index contributed by atoms with van der Waals surface area (Å²) in [4.78, 5) is 47.0. The summed E-state index contributed by atoms with van der Waals surface area (Å²) in [6.07, 6.45) is 2.06. The van der Waals surface area contributed by atoms with Crippen LogP contribution in [0.1, 0.15) is 12.8 Å². The van der Waals surface area contributed by atoms with Gasteiger partial charge in [0, 0.05) is 25.2 Å². The molecule has 0 saturated carbocycles. The standard InChI is InChI=1S/C14H17N3O6/c1-23-14(20)10-4-6-15(7-5-10)13(19)9-16-8-11(17(21)22)2-3-12(16)18/h2-3,8,10H,4-7,9H2,1H3. The van der Waals surface area contributed by atoms with Crippen LogP contribution in [0.4, 0.5) is 5.69 Å². The largest absolute Gasteiger partial charge is 0.469 e. The van der Waals surface area contributed by atoms with Crippen molar-refractivity contribution in [2.45, 2.75) is 19.4 Å². The van der Waals surface area contributed by atoms with Crippen LogP contribution in [0.25, 0.3) is 0 Å². The number of hydrogen-bond acceptors (Lipinski definition) is 6. The summed E-state index contributed by atoms with van der Waals surface area (Å²) in [5.74, 6) is -0.812. The Balaban J connectivity index is 2.01. The van der Waals surface area contributed by atoms with E-state index in [-0.39, 0.29) is 30.0 Å². The molecule has 0 unspecified atom stereocenters. The van der Waals surface area contributed by atoms with Crippen LogP contribution < -0.4 is 5.56 Å². The van der Waals surface area contributed by atoms with Crippen LogP contribution in [-0.2, 0) is 20.9 Å². The minimum atomic E-state index is -0.623. The zero-order valence-electron chi connectivity index (χ0n) is 12.6. The number of nitro groups is 1. The van der Waals surface area contributed by atoms with Gasteiger partial charge in [-0.3, -0.25) is 29.1 Å². The molecule has 0 spiro atoms. The lowest BCUT2D eigenvalue weighted by Gasteiger charge is -2.30. The van der Waals surface area contributed by atoms with Gasteiger partial charge in [-0.2, -0.15) is 0 Å². The fourth-order valence-electron chi connectivity index (χ4n) is 2.53. The SMILES string of the molecule is COC(=O)C1CCN(C(=O)Cn2cc([N+](=O)[O-])ccc2=O)CC1. The van der Waals surface area contributed by atoms with Gasteiger partial charge >= 0.3 is 5.97 Å². The van der Waals surface area contributed by atoms with Crippen LogP contribution in [0.15, 0.2) is 23.1 Å². The highest BCUT2D eigenvalue weighted by Gasteiger charge is 2.28. The highest BCUT2D eigenvalue weighted by atomic mass is 16.6. The molecule has 9 nitrogen and oxygen atoms in total. The molecule has 9 heteroatoms. The van der Waals surface area contributed by atoms with E-state index in [1.54, 1.807) is 4.90 Å². The molecule has 0 bridgehead atoms. The summed E-state index contributed by atoms with van der Waals surface area (Å²) < 4.78 is 5.70. The number of methoxy groups -OCH3 is 1. The highest BCUT2D eigenvalue weighted by molar-refractivity contribution is 5.77. The molecule has 2 heterocycles. The molecule has 0 atom stereocenters. The summed E-state index contributed by atoms with van der Waals surface area (Å²) in [6.45, 7) is 0.522. The lowest BCUT2D eigenvalue weighted by atomic mass is 9.97. The number of nitrogens with zero attached hydrogens (tertiary/aromatic N) is 3. The van der Waals surface area contributed by atoms with E-state index in [0.717, 1.165) is 22.9 Å². The van der Waals surface area contributed by atoms with E-state index < -0.39 is 10.5 Å². The summed E-state index contributed by atoms with van der Waals surface area (Å²) in [6, 6.07) is 2.17. The number of rotatable bonds is 4. The van der Waals surface area contributed by atoms with Crippen molar-refractivity contribution in [1.29, 1.82) is 0 Å². The van der Waals surface area contributed by atoms with Crippen molar-refractivity contribution < 1.29 is 19.2 Å². The van der Waals surface area contributed by atoms with Crippen LogP contribution >= 0.6 is 0 Å². The van der Waals surface area contributed by atoms with E-state index in [9.17, 15) is 24.5 Å². The number of ether oxygens (including phenoxy) is 1. The molecule has 124 valence electrons. The maximum atomic E-state index is 12.2. The second-order valence-corrected chi connectivity index (χ2v) is 5.29. The lowest BCUT2D eigenvalue weighted by Crippen LogP contribution is -2.42. The van der Waals surface area contributed by atoms with Gasteiger partial charge in [-0.05, 0) is 12.8 Å². The topological polar surface area (TPSA) is 112 Å². The van der Waals surface area contributed by atoms with Crippen molar-refractivity contribution in [1.82, 2.24) is 9.47 Å². The minimum Gasteiger partial charge on any atom is -0.469 e. The number of piperidine rings is 1. The number of carbonyl (C=O) groups excluding carboxylic acids is 2. The van der Waals surface area contributed by atoms with Crippen LogP contribution in [0.3, 0.4) is 0 Å².